The Labute approximate surface area is 189 Å². The van der Waals surface area contributed by atoms with Crippen LogP contribution in [0.3, 0.4) is 0 Å². The van der Waals surface area contributed by atoms with E-state index in [1.165, 1.54) is 6.26 Å². The van der Waals surface area contributed by atoms with E-state index in [9.17, 15) is 14.4 Å². The van der Waals surface area contributed by atoms with Crippen LogP contribution >= 0.6 is 0 Å². The molecule has 0 saturated carbocycles. The fourth-order valence-corrected chi connectivity index (χ4v) is 3.91. The Morgan fingerprint density at radius 3 is 2.12 bits per heavy atom. The first-order chi connectivity index (χ1) is 16.1. The summed E-state index contributed by atoms with van der Waals surface area (Å²) in [5.41, 5.74) is 1.33. The van der Waals surface area contributed by atoms with Gasteiger partial charge in [-0.15, -0.1) is 0 Å². The van der Waals surface area contributed by atoms with Crippen molar-refractivity contribution in [3.8, 4) is 0 Å². The highest BCUT2D eigenvalue weighted by Gasteiger charge is 2.31. The Balaban J connectivity index is 1.37. The molecule has 5 rings (SSSR count). The zero-order chi connectivity index (χ0) is 22.8. The highest BCUT2D eigenvalue weighted by atomic mass is 16.4. The number of fused-ring (bicyclic) bond motifs is 1. The molecule has 3 heterocycles. The topological polar surface area (TPSA) is 96.0 Å². The Hall–Kier alpha value is -4.33. The summed E-state index contributed by atoms with van der Waals surface area (Å²) in [4.78, 5) is 42.0. The van der Waals surface area contributed by atoms with Crippen LogP contribution in [-0.2, 0) is 0 Å². The Morgan fingerprint density at radius 2 is 1.42 bits per heavy atom. The van der Waals surface area contributed by atoms with E-state index < -0.39 is 0 Å². The lowest BCUT2D eigenvalue weighted by molar-refractivity contribution is 0.0504. The summed E-state index contributed by atoms with van der Waals surface area (Å²) in [6, 6.07) is 19.3. The number of anilines is 1. The number of rotatable bonds is 4. The molecule has 8 nitrogen and oxygen atoms in total. The number of piperazine rings is 1. The van der Waals surface area contributed by atoms with E-state index in [0.29, 0.717) is 48.4 Å². The smallest absolute Gasteiger partial charge is 0.291 e. The summed E-state index contributed by atoms with van der Waals surface area (Å²) in [7, 11) is 0. The van der Waals surface area contributed by atoms with E-state index >= 15 is 0 Å². The van der Waals surface area contributed by atoms with Crippen LogP contribution < -0.4 is 5.32 Å². The molecule has 8 heteroatoms. The van der Waals surface area contributed by atoms with Gasteiger partial charge in [-0.05, 0) is 36.4 Å². The maximum atomic E-state index is 13.4. The van der Waals surface area contributed by atoms with Crippen LogP contribution in [0.25, 0.3) is 11.0 Å². The second-order valence-electron chi connectivity index (χ2n) is 7.68. The van der Waals surface area contributed by atoms with Gasteiger partial charge in [0.25, 0.3) is 17.7 Å². The van der Waals surface area contributed by atoms with Crippen LogP contribution in [0.2, 0.25) is 0 Å². The van der Waals surface area contributed by atoms with Gasteiger partial charge in [0, 0.05) is 37.1 Å². The highest BCUT2D eigenvalue weighted by molar-refractivity contribution is 6.14. The van der Waals surface area contributed by atoms with Crippen molar-refractivity contribution < 1.29 is 23.2 Å². The zero-order valence-electron chi connectivity index (χ0n) is 17.7. The normalized spacial score (nSPS) is 13.8. The summed E-state index contributed by atoms with van der Waals surface area (Å²) in [5.74, 6) is -0.513. The molecule has 1 N–H and O–H groups in total. The fraction of sp³-hybridized carbons (Fsp3) is 0.160. The van der Waals surface area contributed by atoms with Gasteiger partial charge in [0.15, 0.2) is 5.76 Å². The minimum Gasteiger partial charge on any atom is -0.459 e. The summed E-state index contributed by atoms with van der Waals surface area (Å²) in [6.45, 7) is 1.43. The van der Waals surface area contributed by atoms with Crippen LogP contribution in [0, 0.1) is 0 Å². The van der Waals surface area contributed by atoms with Gasteiger partial charge in [-0.3, -0.25) is 14.4 Å². The number of para-hydroxylation sites is 1. The molecule has 166 valence electrons. The van der Waals surface area contributed by atoms with Crippen molar-refractivity contribution in [3.05, 3.63) is 90.1 Å². The SMILES string of the molecule is O=C(Nc1c(C(=O)N2CCN(C(=O)c3ccco3)CC2)oc2ccccc12)c1ccccc1. The lowest BCUT2D eigenvalue weighted by Crippen LogP contribution is -2.50. The van der Waals surface area contributed by atoms with Crippen LogP contribution in [-0.4, -0.2) is 53.7 Å². The zero-order valence-corrected chi connectivity index (χ0v) is 17.7. The maximum absolute atomic E-state index is 13.4. The van der Waals surface area contributed by atoms with Crippen molar-refractivity contribution in [2.75, 3.05) is 31.5 Å². The number of benzene rings is 2. The van der Waals surface area contributed by atoms with Gasteiger partial charge in [-0.2, -0.15) is 0 Å². The molecule has 1 aliphatic heterocycles. The van der Waals surface area contributed by atoms with Gasteiger partial charge in [0.1, 0.15) is 11.3 Å². The summed E-state index contributed by atoms with van der Waals surface area (Å²) < 4.78 is 11.1. The molecule has 2 aromatic heterocycles. The molecule has 0 spiro atoms. The standard InChI is InChI=1S/C25H21N3O5/c29-23(17-7-2-1-3-8-17)26-21-18-9-4-5-10-19(18)33-22(21)25(31)28-14-12-27(13-15-28)24(30)20-11-6-16-32-20/h1-11,16H,12-15H2,(H,26,29). The largest absolute Gasteiger partial charge is 0.459 e. The third kappa shape index (κ3) is 3.98. The van der Waals surface area contributed by atoms with Gasteiger partial charge in [0.2, 0.25) is 5.76 Å². The summed E-state index contributed by atoms with van der Waals surface area (Å²) in [5, 5.41) is 3.51. The number of amides is 3. The molecule has 0 aliphatic carbocycles. The van der Waals surface area contributed by atoms with Gasteiger partial charge in [0.05, 0.1) is 6.26 Å². The number of carbonyl (C=O) groups excluding carboxylic acids is 3. The first-order valence-electron chi connectivity index (χ1n) is 10.6. The number of nitrogens with one attached hydrogen (secondary N) is 1. The van der Waals surface area contributed by atoms with E-state index in [0.717, 1.165) is 0 Å². The quantitative estimate of drug-likeness (QED) is 0.517. The average Bonchev–Trinajstić information content (AvgIpc) is 3.53. The summed E-state index contributed by atoms with van der Waals surface area (Å²) in [6.07, 6.45) is 1.46. The van der Waals surface area contributed by atoms with Gasteiger partial charge in [-0.25, -0.2) is 0 Å². The van der Waals surface area contributed by atoms with Crippen molar-refractivity contribution in [3.63, 3.8) is 0 Å². The highest BCUT2D eigenvalue weighted by Crippen LogP contribution is 2.32. The van der Waals surface area contributed by atoms with Crippen LogP contribution in [0.1, 0.15) is 31.5 Å². The van der Waals surface area contributed by atoms with Gasteiger partial charge < -0.3 is 24.0 Å². The number of nitrogens with zero attached hydrogens (tertiary/aromatic N) is 2. The van der Waals surface area contributed by atoms with Crippen molar-refractivity contribution >= 4 is 34.4 Å². The van der Waals surface area contributed by atoms with Crippen molar-refractivity contribution in [1.29, 1.82) is 0 Å². The van der Waals surface area contributed by atoms with Crippen LogP contribution in [0.15, 0.2) is 81.8 Å². The third-order valence-electron chi connectivity index (χ3n) is 5.65. The Morgan fingerprint density at radius 1 is 0.758 bits per heavy atom. The second kappa shape index (κ2) is 8.66. The molecule has 33 heavy (non-hydrogen) atoms. The minimum absolute atomic E-state index is 0.0753. The molecular weight excluding hydrogens is 422 g/mol. The molecule has 1 saturated heterocycles. The predicted octanol–water partition coefficient (Wildman–Crippen LogP) is 3.88. The molecule has 2 aromatic carbocycles. The molecule has 0 unspecified atom stereocenters. The van der Waals surface area contributed by atoms with Crippen molar-refractivity contribution in [2.24, 2.45) is 0 Å². The number of furan rings is 2. The monoisotopic (exact) mass is 443 g/mol. The third-order valence-corrected chi connectivity index (χ3v) is 5.65. The Kier molecular flexibility index (Phi) is 5.40. The first-order valence-corrected chi connectivity index (χ1v) is 10.6. The maximum Gasteiger partial charge on any atom is 0.291 e. The van der Waals surface area contributed by atoms with E-state index in [1.807, 2.05) is 18.2 Å². The van der Waals surface area contributed by atoms with Gasteiger partial charge in [-0.1, -0.05) is 30.3 Å². The molecule has 0 atom stereocenters. The van der Waals surface area contributed by atoms with E-state index in [-0.39, 0.29) is 29.2 Å². The second-order valence-corrected chi connectivity index (χ2v) is 7.68. The lowest BCUT2D eigenvalue weighted by Gasteiger charge is -2.34. The fourth-order valence-electron chi connectivity index (χ4n) is 3.91. The molecule has 3 amide bonds. The minimum atomic E-state index is -0.334. The molecule has 0 bridgehead atoms. The van der Waals surface area contributed by atoms with Crippen molar-refractivity contribution in [1.82, 2.24) is 9.80 Å². The number of hydrogen-bond acceptors (Lipinski definition) is 5. The predicted molar refractivity (Wildman–Crippen MR) is 121 cm³/mol. The van der Waals surface area contributed by atoms with E-state index in [1.54, 1.807) is 58.3 Å². The first kappa shape index (κ1) is 20.6. The average molecular weight is 443 g/mol. The Bertz CT molecular complexity index is 1300. The molecule has 0 radical (unpaired) electrons. The molecule has 1 fully saturated rings. The van der Waals surface area contributed by atoms with Crippen molar-refractivity contribution in [2.45, 2.75) is 0 Å². The van der Waals surface area contributed by atoms with Crippen LogP contribution in [0.5, 0.6) is 0 Å². The number of carbonyl (C=O) groups is 3. The number of hydrogen-bond donors (Lipinski definition) is 1. The van der Waals surface area contributed by atoms with E-state index in [2.05, 4.69) is 5.32 Å². The summed E-state index contributed by atoms with van der Waals surface area (Å²) >= 11 is 0. The molecule has 4 aromatic rings. The van der Waals surface area contributed by atoms with Crippen LogP contribution in [0.4, 0.5) is 5.69 Å². The lowest BCUT2D eigenvalue weighted by atomic mass is 10.1. The van der Waals surface area contributed by atoms with Gasteiger partial charge >= 0.3 is 0 Å². The molecular formula is C25H21N3O5. The molecule has 1 aliphatic rings. The van der Waals surface area contributed by atoms with E-state index in [4.69, 9.17) is 8.83 Å².